The Bertz CT molecular complexity index is 1080. The van der Waals surface area contributed by atoms with Crippen LogP contribution in [0.15, 0.2) is 56.6 Å². The van der Waals surface area contributed by atoms with Gasteiger partial charge in [-0.25, -0.2) is 13.2 Å². The Balaban J connectivity index is 2.07. The lowest BCUT2D eigenvalue weighted by Crippen LogP contribution is -2.26. The van der Waals surface area contributed by atoms with E-state index in [0.29, 0.717) is 23.3 Å². The van der Waals surface area contributed by atoms with Gasteiger partial charge in [-0.15, -0.1) is 0 Å². The van der Waals surface area contributed by atoms with Gasteiger partial charge in [0.2, 0.25) is 0 Å². The molecule has 7 nitrogen and oxygen atoms in total. The van der Waals surface area contributed by atoms with Crippen LogP contribution in [0.4, 0.5) is 5.69 Å². The van der Waals surface area contributed by atoms with Crippen LogP contribution in [-0.4, -0.2) is 25.1 Å². The first-order chi connectivity index (χ1) is 11.9. The molecule has 0 aliphatic heterocycles. The van der Waals surface area contributed by atoms with Gasteiger partial charge in [0, 0.05) is 19.7 Å². The zero-order chi connectivity index (χ0) is 18.2. The molecule has 0 saturated carbocycles. The van der Waals surface area contributed by atoms with Crippen molar-refractivity contribution < 1.29 is 17.9 Å². The van der Waals surface area contributed by atoms with E-state index in [9.17, 15) is 18.3 Å². The van der Waals surface area contributed by atoms with E-state index in [2.05, 4.69) is 0 Å². The summed E-state index contributed by atoms with van der Waals surface area (Å²) in [5, 5.41) is 9.22. The molecule has 132 valence electrons. The highest BCUT2D eigenvalue weighted by atomic mass is 32.2. The number of aryl methyl sites for hydroxylation is 1. The molecule has 0 bridgehead atoms. The monoisotopic (exact) mass is 362 g/mol. The van der Waals surface area contributed by atoms with Gasteiger partial charge >= 0.3 is 5.76 Å². The first kappa shape index (κ1) is 17.2. The average Bonchev–Trinajstić information content (AvgIpc) is 2.95. The highest BCUT2D eigenvalue weighted by molar-refractivity contribution is 7.92. The van der Waals surface area contributed by atoms with Crippen LogP contribution in [0.3, 0.4) is 0 Å². The number of sulfonamides is 1. The van der Waals surface area contributed by atoms with Crippen LogP contribution >= 0.6 is 0 Å². The summed E-state index contributed by atoms with van der Waals surface area (Å²) in [6, 6.07) is 11.0. The summed E-state index contributed by atoms with van der Waals surface area (Å²) in [7, 11) is -2.40. The third-order valence-electron chi connectivity index (χ3n) is 4.07. The molecule has 3 rings (SSSR count). The van der Waals surface area contributed by atoms with Gasteiger partial charge in [-0.2, -0.15) is 0 Å². The minimum absolute atomic E-state index is 0.0221. The molecule has 0 atom stereocenters. The fourth-order valence-corrected chi connectivity index (χ4v) is 3.86. The van der Waals surface area contributed by atoms with Crippen molar-refractivity contribution in [2.45, 2.75) is 25.0 Å². The Hall–Kier alpha value is -2.58. The Kier molecular flexibility index (Phi) is 4.40. The molecule has 0 unspecified atom stereocenters. The number of aromatic nitrogens is 1. The summed E-state index contributed by atoms with van der Waals surface area (Å²) in [6.45, 7) is 2.07. The van der Waals surface area contributed by atoms with Gasteiger partial charge in [-0.05, 0) is 36.8 Å². The second kappa shape index (κ2) is 6.38. The van der Waals surface area contributed by atoms with Gasteiger partial charge < -0.3 is 9.52 Å². The van der Waals surface area contributed by atoms with Crippen LogP contribution in [0.25, 0.3) is 11.1 Å². The minimum atomic E-state index is -3.84. The zero-order valence-electron chi connectivity index (χ0n) is 13.8. The average molecular weight is 362 g/mol. The molecule has 2 aromatic carbocycles. The van der Waals surface area contributed by atoms with Crippen LogP contribution in [0.5, 0.6) is 0 Å². The fraction of sp³-hybridized carbons (Fsp3) is 0.235. The fourth-order valence-electron chi connectivity index (χ4n) is 2.65. The number of aliphatic hydroxyl groups excluding tert-OH is 1. The number of benzene rings is 2. The van der Waals surface area contributed by atoms with Crippen molar-refractivity contribution in [3.05, 3.63) is 58.6 Å². The number of fused-ring (bicyclic) bond motifs is 1. The Labute approximate surface area is 144 Å². The van der Waals surface area contributed by atoms with Crippen LogP contribution in [0.2, 0.25) is 0 Å². The maximum Gasteiger partial charge on any atom is 0.419 e. The largest absolute Gasteiger partial charge is 0.419 e. The highest BCUT2D eigenvalue weighted by Gasteiger charge is 2.23. The third kappa shape index (κ3) is 2.94. The topological polar surface area (TPSA) is 92.8 Å². The van der Waals surface area contributed by atoms with Crippen molar-refractivity contribution >= 4 is 26.8 Å². The number of hydrogen-bond acceptors (Lipinski definition) is 5. The van der Waals surface area contributed by atoms with E-state index >= 15 is 0 Å². The SMILES string of the molecule is CCn1c(=O)oc2cc(S(=O)(=O)N(C)c3cccc(CO)c3)ccc21. The zero-order valence-corrected chi connectivity index (χ0v) is 14.7. The Morgan fingerprint density at radius 2 is 1.96 bits per heavy atom. The number of oxazole rings is 1. The molecule has 1 aromatic heterocycles. The predicted molar refractivity (Wildman–Crippen MR) is 94.1 cm³/mol. The quantitative estimate of drug-likeness (QED) is 0.749. The number of hydrogen-bond donors (Lipinski definition) is 1. The van der Waals surface area contributed by atoms with E-state index < -0.39 is 15.8 Å². The van der Waals surface area contributed by atoms with Crippen molar-refractivity contribution in [2.75, 3.05) is 11.4 Å². The standard InChI is InChI=1S/C17H18N2O5S/c1-3-19-15-8-7-14(10-16(15)24-17(19)21)25(22,23)18(2)13-6-4-5-12(9-13)11-20/h4-10,20H,3,11H2,1-2H3. The minimum Gasteiger partial charge on any atom is -0.408 e. The molecule has 0 spiro atoms. The second-order valence-electron chi connectivity index (χ2n) is 5.54. The molecular weight excluding hydrogens is 344 g/mol. The summed E-state index contributed by atoms with van der Waals surface area (Å²) < 4.78 is 33.4. The maximum absolute atomic E-state index is 12.9. The first-order valence-corrected chi connectivity index (χ1v) is 9.14. The van der Waals surface area contributed by atoms with E-state index in [-0.39, 0.29) is 17.1 Å². The molecule has 3 aromatic rings. The predicted octanol–water partition coefficient (Wildman–Crippen LogP) is 1.93. The van der Waals surface area contributed by atoms with E-state index in [1.54, 1.807) is 30.3 Å². The normalized spacial score (nSPS) is 11.8. The molecule has 0 fully saturated rings. The summed E-state index contributed by atoms with van der Waals surface area (Å²) in [4.78, 5) is 11.8. The van der Waals surface area contributed by atoms with Crippen molar-refractivity contribution in [3.8, 4) is 0 Å². The lowest BCUT2D eigenvalue weighted by atomic mass is 10.2. The molecule has 0 aliphatic carbocycles. The van der Waals surface area contributed by atoms with E-state index in [4.69, 9.17) is 4.42 Å². The van der Waals surface area contributed by atoms with Crippen molar-refractivity contribution in [3.63, 3.8) is 0 Å². The molecule has 0 aliphatic rings. The molecule has 0 radical (unpaired) electrons. The van der Waals surface area contributed by atoms with Gasteiger partial charge in [-0.3, -0.25) is 8.87 Å². The van der Waals surface area contributed by atoms with E-state index in [1.165, 1.54) is 23.7 Å². The van der Waals surface area contributed by atoms with Crippen molar-refractivity contribution in [2.24, 2.45) is 0 Å². The second-order valence-corrected chi connectivity index (χ2v) is 7.51. The molecule has 8 heteroatoms. The van der Waals surface area contributed by atoms with Gasteiger partial charge in [0.15, 0.2) is 5.58 Å². The number of anilines is 1. The van der Waals surface area contributed by atoms with Crippen LogP contribution < -0.4 is 10.1 Å². The van der Waals surface area contributed by atoms with E-state index in [0.717, 1.165) is 4.31 Å². The summed E-state index contributed by atoms with van der Waals surface area (Å²) >= 11 is 0. The lowest BCUT2D eigenvalue weighted by molar-refractivity contribution is 0.282. The number of nitrogens with zero attached hydrogens (tertiary/aromatic N) is 2. The van der Waals surface area contributed by atoms with Gasteiger partial charge in [-0.1, -0.05) is 12.1 Å². The smallest absolute Gasteiger partial charge is 0.408 e. The molecular formula is C17H18N2O5S. The summed E-state index contributed by atoms with van der Waals surface area (Å²) in [6.07, 6.45) is 0. The Morgan fingerprint density at radius 1 is 1.20 bits per heavy atom. The molecule has 1 heterocycles. The third-order valence-corrected chi connectivity index (χ3v) is 5.85. The summed E-state index contributed by atoms with van der Waals surface area (Å²) in [5.74, 6) is -0.518. The number of rotatable bonds is 5. The van der Waals surface area contributed by atoms with Crippen LogP contribution in [0.1, 0.15) is 12.5 Å². The Morgan fingerprint density at radius 3 is 2.64 bits per heavy atom. The maximum atomic E-state index is 12.9. The van der Waals surface area contributed by atoms with Gasteiger partial charge in [0.1, 0.15) is 0 Å². The van der Waals surface area contributed by atoms with Gasteiger partial charge in [0.05, 0.1) is 22.7 Å². The molecule has 25 heavy (non-hydrogen) atoms. The first-order valence-electron chi connectivity index (χ1n) is 7.70. The van der Waals surface area contributed by atoms with Crippen LogP contribution in [0, 0.1) is 0 Å². The molecule has 0 saturated heterocycles. The van der Waals surface area contributed by atoms with Crippen molar-refractivity contribution in [1.82, 2.24) is 4.57 Å². The van der Waals surface area contributed by atoms with Gasteiger partial charge in [0.25, 0.3) is 10.0 Å². The summed E-state index contributed by atoms with van der Waals surface area (Å²) in [5.41, 5.74) is 1.82. The molecule has 0 amide bonds. The number of aliphatic hydroxyl groups is 1. The van der Waals surface area contributed by atoms with E-state index in [1.807, 2.05) is 6.92 Å². The molecule has 1 N–H and O–H groups in total. The lowest BCUT2D eigenvalue weighted by Gasteiger charge is -2.20. The van der Waals surface area contributed by atoms with Crippen molar-refractivity contribution in [1.29, 1.82) is 0 Å². The highest BCUT2D eigenvalue weighted by Crippen LogP contribution is 2.25. The van der Waals surface area contributed by atoms with Crippen LogP contribution in [-0.2, 0) is 23.2 Å².